The van der Waals surface area contributed by atoms with Crippen molar-refractivity contribution in [3.05, 3.63) is 88.2 Å². The SMILES string of the molecule is CCOc1cc(C(O)(CCN(C)C)C(c2cc3cc(C#N)ccc3nc2OC)c2cccc(C)c2F)cc(OCC)n1. The van der Waals surface area contributed by atoms with E-state index in [2.05, 4.69) is 11.1 Å². The van der Waals surface area contributed by atoms with Gasteiger partial charge in [-0.15, -0.1) is 0 Å². The van der Waals surface area contributed by atoms with Gasteiger partial charge in [0.15, 0.2) is 0 Å². The highest BCUT2D eigenvalue weighted by Gasteiger charge is 2.44. The summed E-state index contributed by atoms with van der Waals surface area (Å²) in [4.78, 5) is 11.1. The Morgan fingerprint density at radius 1 is 1.00 bits per heavy atom. The lowest BCUT2D eigenvalue weighted by Gasteiger charge is -2.39. The summed E-state index contributed by atoms with van der Waals surface area (Å²) < 4.78 is 33.5. The van der Waals surface area contributed by atoms with Crippen molar-refractivity contribution in [3.63, 3.8) is 0 Å². The maximum absolute atomic E-state index is 16.2. The van der Waals surface area contributed by atoms with Crippen LogP contribution in [0.5, 0.6) is 17.6 Å². The molecule has 0 amide bonds. The number of aryl methyl sites for hydroxylation is 1. The smallest absolute Gasteiger partial charge is 0.217 e. The molecule has 0 fully saturated rings. The summed E-state index contributed by atoms with van der Waals surface area (Å²) in [7, 11) is 5.32. The molecule has 0 aliphatic carbocycles. The van der Waals surface area contributed by atoms with E-state index in [1.165, 1.54) is 7.11 Å². The molecule has 0 spiro atoms. The molecule has 2 heterocycles. The van der Waals surface area contributed by atoms with Crippen LogP contribution < -0.4 is 14.2 Å². The second-order valence-electron chi connectivity index (χ2n) is 10.4. The van der Waals surface area contributed by atoms with Crippen LogP contribution in [0.15, 0.2) is 54.6 Å². The first-order valence-electron chi connectivity index (χ1n) is 13.9. The third-order valence-electron chi connectivity index (χ3n) is 7.25. The van der Waals surface area contributed by atoms with Gasteiger partial charge in [-0.2, -0.15) is 10.2 Å². The zero-order valence-electron chi connectivity index (χ0n) is 24.9. The van der Waals surface area contributed by atoms with Crippen molar-refractivity contribution in [3.8, 4) is 23.7 Å². The van der Waals surface area contributed by atoms with Gasteiger partial charge in [0.05, 0.1) is 43.4 Å². The molecular weight excluding hydrogens is 535 g/mol. The Bertz CT molecular complexity index is 1580. The molecule has 4 rings (SSSR count). The fourth-order valence-electron chi connectivity index (χ4n) is 5.21. The standard InChI is InChI=1S/C33H37FN4O4/c1-7-41-28-18-24(19-29(37-28)42-8-2)33(39,14-15-38(4)5)30(25-11-9-10-21(3)31(25)34)26-17-23-16-22(20-35)12-13-27(23)36-32(26)40-6/h9-13,16-19,30,39H,7-8,14-15H2,1-6H3. The summed E-state index contributed by atoms with van der Waals surface area (Å²) in [6.07, 6.45) is 0.207. The van der Waals surface area contributed by atoms with Crippen molar-refractivity contribution >= 4 is 10.9 Å². The van der Waals surface area contributed by atoms with E-state index < -0.39 is 17.3 Å². The summed E-state index contributed by atoms with van der Waals surface area (Å²) in [6.45, 7) is 6.57. The molecule has 2 atom stereocenters. The van der Waals surface area contributed by atoms with Crippen LogP contribution in [0, 0.1) is 24.1 Å². The van der Waals surface area contributed by atoms with E-state index >= 15 is 4.39 Å². The number of benzene rings is 2. The van der Waals surface area contributed by atoms with Crippen LogP contribution in [-0.2, 0) is 5.60 Å². The first-order valence-corrected chi connectivity index (χ1v) is 13.9. The Morgan fingerprint density at radius 2 is 1.69 bits per heavy atom. The van der Waals surface area contributed by atoms with Gasteiger partial charge in [0, 0.05) is 29.6 Å². The summed E-state index contributed by atoms with van der Waals surface area (Å²) in [5.74, 6) is -0.616. The molecular formula is C33H37FN4O4. The van der Waals surface area contributed by atoms with Crippen molar-refractivity contribution in [1.82, 2.24) is 14.9 Å². The van der Waals surface area contributed by atoms with Gasteiger partial charge in [-0.3, -0.25) is 0 Å². The lowest BCUT2D eigenvalue weighted by atomic mass is 9.71. The summed E-state index contributed by atoms with van der Waals surface area (Å²) in [5, 5.41) is 23.2. The quantitative estimate of drug-likeness (QED) is 0.230. The zero-order valence-corrected chi connectivity index (χ0v) is 24.9. The fourth-order valence-corrected chi connectivity index (χ4v) is 5.21. The Balaban J connectivity index is 2.11. The van der Waals surface area contributed by atoms with Crippen molar-refractivity contribution in [2.45, 2.75) is 38.7 Å². The second-order valence-corrected chi connectivity index (χ2v) is 10.4. The van der Waals surface area contributed by atoms with Gasteiger partial charge in [-0.25, -0.2) is 9.37 Å². The highest BCUT2D eigenvalue weighted by Crippen LogP contribution is 2.49. The van der Waals surface area contributed by atoms with Crippen LogP contribution in [0.4, 0.5) is 4.39 Å². The Labute approximate surface area is 246 Å². The van der Waals surface area contributed by atoms with Crippen LogP contribution in [0.1, 0.15) is 54.0 Å². The largest absolute Gasteiger partial charge is 0.481 e. The number of ether oxygens (including phenoxy) is 3. The summed E-state index contributed by atoms with van der Waals surface area (Å²) in [5.41, 5.74) is 0.986. The summed E-state index contributed by atoms with van der Waals surface area (Å²) in [6, 6.07) is 17.6. The number of nitrogens with zero attached hydrogens (tertiary/aromatic N) is 4. The molecule has 0 saturated carbocycles. The molecule has 0 saturated heterocycles. The van der Waals surface area contributed by atoms with Gasteiger partial charge in [0.1, 0.15) is 11.4 Å². The Hall–Kier alpha value is -4.26. The van der Waals surface area contributed by atoms with Crippen molar-refractivity contribution in [2.24, 2.45) is 0 Å². The molecule has 0 aliphatic rings. The Kier molecular flexibility index (Phi) is 9.61. The van der Waals surface area contributed by atoms with E-state index in [0.717, 1.165) is 0 Å². The number of methoxy groups -OCH3 is 1. The molecule has 0 bridgehead atoms. The monoisotopic (exact) mass is 572 g/mol. The van der Waals surface area contributed by atoms with Crippen molar-refractivity contribution in [1.29, 1.82) is 5.26 Å². The third-order valence-corrected chi connectivity index (χ3v) is 7.25. The van der Waals surface area contributed by atoms with Gasteiger partial charge in [-0.05, 0) is 82.2 Å². The van der Waals surface area contributed by atoms with Crippen LogP contribution in [0.25, 0.3) is 10.9 Å². The minimum absolute atomic E-state index is 0.207. The average Bonchev–Trinajstić information content (AvgIpc) is 2.98. The predicted molar refractivity (Wildman–Crippen MR) is 160 cm³/mol. The maximum Gasteiger partial charge on any atom is 0.217 e. The predicted octanol–water partition coefficient (Wildman–Crippen LogP) is 5.73. The molecule has 220 valence electrons. The first-order chi connectivity index (χ1) is 20.1. The van der Waals surface area contributed by atoms with Gasteiger partial charge < -0.3 is 24.2 Å². The van der Waals surface area contributed by atoms with Crippen LogP contribution in [0.2, 0.25) is 0 Å². The fraction of sp³-hybridized carbons (Fsp3) is 0.364. The van der Waals surface area contributed by atoms with E-state index in [1.54, 1.807) is 55.5 Å². The number of halogens is 1. The van der Waals surface area contributed by atoms with Crippen LogP contribution >= 0.6 is 0 Å². The molecule has 2 unspecified atom stereocenters. The minimum Gasteiger partial charge on any atom is -0.481 e. The number of fused-ring (bicyclic) bond motifs is 1. The zero-order chi connectivity index (χ0) is 30.4. The second kappa shape index (κ2) is 13.1. The molecule has 4 aromatic rings. The number of pyridine rings is 2. The normalized spacial score (nSPS) is 13.4. The minimum atomic E-state index is -1.71. The van der Waals surface area contributed by atoms with Gasteiger partial charge >= 0.3 is 0 Å². The summed E-state index contributed by atoms with van der Waals surface area (Å²) >= 11 is 0. The number of aliphatic hydroxyl groups is 1. The van der Waals surface area contributed by atoms with Crippen molar-refractivity contribution < 1.29 is 23.7 Å². The highest BCUT2D eigenvalue weighted by molar-refractivity contribution is 5.82. The highest BCUT2D eigenvalue weighted by atomic mass is 19.1. The van der Waals surface area contributed by atoms with E-state index in [-0.39, 0.29) is 29.6 Å². The number of rotatable bonds is 12. The first kappa shape index (κ1) is 30.7. The molecule has 9 heteroatoms. The Morgan fingerprint density at radius 3 is 2.29 bits per heavy atom. The number of hydrogen-bond acceptors (Lipinski definition) is 8. The van der Waals surface area contributed by atoms with Crippen LogP contribution in [0.3, 0.4) is 0 Å². The van der Waals surface area contributed by atoms with E-state index in [4.69, 9.17) is 19.2 Å². The van der Waals surface area contributed by atoms with E-state index in [0.29, 0.717) is 52.9 Å². The van der Waals surface area contributed by atoms with E-state index in [9.17, 15) is 10.4 Å². The lowest BCUT2D eigenvalue weighted by molar-refractivity contribution is 0.00230. The molecule has 2 aromatic carbocycles. The number of nitriles is 1. The lowest BCUT2D eigenvalue weighted by Crippen LogP contribution is -2.38. The van der Waals surface area contributed by atoms with Gasteiger partial charge in [-0.1, -0.05) is 18.2 Å². The van der Waals surface area contributed by atoms with Crippen LogP contribution in [-0.4, -0.2) is 60.9 Å². The topological polar surface area (TPSA) is 101 Å². The number of hydrogen-bond donors (Lipinski definition) is 1. The van der Waals surface area contributed by atoms with Gasteiger partial charge in [0.25, 0.3) is 0 Å². The van der Waals surface area contributed by atoms with Gasteiger partial charge in [0.2, 0.25) is 17.6 Å². The molecule has 1 N–H and O–H groups in total. The molecule has 42 heavy (non-hydrogen) atoms. The molecule has 8 nitrogen and oxygen atoms in total. The number of aromatic nitrogens is 2. The molecule has 2 aromatic heterocycles. The molecule has 0 radical (unpaired) electrons. The van der Waals surface area contributed by atoms with Crippen molar-refractivity contribution in [2.75, 3.05) is 41.0 Å². The maximum atomic E-state index is 16.2. The average molecular weight is 573 g/mol. The third kappa shape index (κ3) is 6.30. The molecule has 0 aliphatic heterocycles. The van der Waals surface area contributed by atoms with E-state index in [1.807, 2.05) is 38.9 Å².